The number of carbonyl (C=O) groups is 2. The number of piperidine rings is 1. The Bertz CT molecular complexity index is 1170. The van der Waals surface area contributed by atoms with Crippen molar-refractivity contribution in [3.05, 3.63) is 30.6 Å². The molecule has 0 unspecified atom stereocenters. The van der Waals surface area contributed by atoms with E-state index in [4.69, 9.17) is 9.39 Å². The summed E-state index contributed by atoms with van der Waals surface area (Å²) in [5.41, 5.74) is 4.41. The number of benzene rings is 1. The van der Waals surface area contributed by atoms with E-state index >= 15 is 0 Å². The summed E-state index contributed by atoms with van der Waals surface area (Å²) in [6, 6.07) is 6.02. The molecule has 0 saturated carbocycles. The number of rotatable bonds is 7. The maximum atomic E-state index is 12.6. The van der Waals surface area contributed by atoms with E-state index in [2.05, 4.69) is 24.6 Å². The van der Waals surface area contributed by atoms with E-state index in [0.717, 1.165) is 24.0 Å². The number of para-hydroxylation sites is 2. The van der Waals surface area contributed by atoms with Crippen molar-refractivity contribution in [2.45, 2.75) is 43.4 Å². The van der Waals surface area contributed by atoms with E-state index < -0.39 is 34.4 Å². The molecule has 13 nitrogen and oxygen atoms in total. The fraction of sp³-hybridized carbons (Fsp3) is 0.526. The summed E-state index contributed by atoms with van der Waals surface area (Å²) in [7, 11) is -4.83. The van der Waals surface area contributed by atoms with Crippen LogP contribution in [0.25, 0.3) is 11.0 Å². The van der Waals surface area contributed by atoms with E-state index in [9.17, 15) is 18.0 Å². The molecule has 0 aliphatic carbocycles. The lowest BCUT2D eigenvalue weighted by atomic mass is 10.0. The topological polar surface area (TPSA) is 155 Å². The Balaban J connectivity index is 1.12. The summed E-state index contributed by atoms with van der Waals surface area (Å²) in [4.78, 5) is 36.1. The third-order valence-corrected chi connectivity index (χ3v) is 6.68. The van der Waals surface area contributed by atoms with Crippen LogP contribution in [0.1, 0.15) is 25.3 Å². The van der Waals surface area contributed by atoms with E-state index in [1.54, 1.807) is 0 Å². The van der Waals surface area contributed by atoms with Gasteiger partial charge in [0.2, 0.25) is 0 Å². The highest BCUT2D eigenvalue weighted by atomic mass is 32.3. The van der Waals surface area contributed by atoms with Gasteiger partial charge in [0.15, 0.2) is 0 Å². The van der Waals surface area contributed by atoms with Gasteiger partial charge in [0, 0.05) is 25.2 Å². The predicted octanol–water partition coefficient (Wildman–Crippen LogP) is -0.00990. The summed E-state index contributed by atoms with van der Waals surface area (Å²) < 4.78 is 37.3. The molecule has 3 fully saturated rings. The van der Waals surface area contributed by atoms with Crippen LogP contribution in [0, 0.1) is 0 Å². The van der Waals surface area contributed by atoms with Gasteiger partial charge in [0.1, 0.15) is 6.04 Å². The molecule has 2 aromatic rings. The molecule has 3 aliphatic rings. The van der Waals surface area contributed by atoms with Crippen LogP contribution in [0.15, 0.2) is 30.6 Å². The molecule has 178 valence electrons. The highest BCUT2D eigenvalue weighted by Gasteiger charge is 2.49. The summed E-state index contributed by atoms with van der Waals surface area (Å²) in [5.74, 6) is -0.495. The Hall–Kier alpha value is -2.78. The smallest absolute Gasteiger partial charge is 0.326 e. The Morgan fingerprint density at radius 2 is 2.09 bits per heavy atom. The van der Waals surface area contributed by atoms with Crippen molar-refractivity contribution < 1.29 is 31.7 Å². The van der Waals surface area contributed by atoms with Gasteiger partial charge in [-0.2, -0.15) is 13.5 Å². The molecule has 1 aromatic heterocycles. The van der Waals surface area contributed by atoms with Crippen LogP contribution in [0.3, 0.4) is 0 Å². The average Bonchev–Trinajstić information content (AvgIpc) is 3.47. The molecule has 2 bridgehead atoms. The van der Waals surface area contributed by atoms with Gasteiger partial charge in [0.05, 0.1) is 30.0 Å². The normalized spacial score (nSPS) is 27.5. The lowest BCUT2D eigenvalue weighted by Crippen LogP contribution is -2.50. The van der Waals surface area contributed by atoms with Crippen molar-refractivity contribution in [2.24, 2.45) is 0 Å². The van der Waals surface area contributed by atoms with Crippen LogP contribution < -0.4 is 10.8 Å². The van der Waals surface area contributed by atoms with Crippen LogP contribution in [0.5, 0.6) is 0 Å². The molecular weight excluding hydrogens is 456 g/mol. The standard InChI is InChI=1S/C19H24N6O7S/c26-18(17-6-5-13-9-23(17)19(27)25(13)32-33(28,29)30)22-31-10-12-7-14(8-20-12)24-11-21-15-3-1-2-4-16(15)24/h1-4,11-14,17,20H,5-10H2,(H,22,26)(H,28,29,30)/t12-,13-,14+,17+/m1/s1. The molecule has 0 spiro atoms. The van der Waals surface area contributed by atoms with Gasteiger partial charge in [-0.15, -0.1) is 4.28 Å². The fourth-order valence-corrected chi connectivity index (χ4v) is 5.18. The first kappa shape index (κ1) is 22.0. The Labute approximate surface area is 189 Å². The minimum Gasteiger partial charge on any atom is -0.326 e. The first-order chi connectivity index (χ1) is 15.8. The first-order valence-electron chi connectivity index (χ1n) is 10.6. The molecule has 14 heteroatoms. The molecule has 33 heavy (non-hydrogen) atoms. The molecule has 0 radical (unpaired) electrons. The molecule has 3 saturated heterocycles. The highest BCUT2D eigenvalue weighted by Crippen LogP contribution is 2.31. The lowest BCUT2D eigenvalue weighted by molar-refractivity contribution is -0.139. The number of hydrogen-bond acceptors (Lipinski definition) is 8. The van der Waals surface area contributed by atoms with Crippen LogP contribution in [0.2, 0.25) is 0 Å². The fourth-order valence-electron chi connectivity index (χ4n) is 4.79. The van der Waals surface area contributed by atoms with Crippen LogP contribution in [0.4, 0.5) is 4.79 Å². The van der Waals surface area contributed by atoms with Crippen LogP contribution in [-0.2, 0) is 24.3 Å². The second kappa shape index (κ2) is 8.53. The monoisotopic (exact) mass is 480 g/mol. The Morgan fingerprint density at radius 1 is 1.27 bits per heavy atom. The minimum atomic E-state index is -4.83. The zero-order valence-corrected chi connectivity index (χ0v) is 18.3. The highest BCUT2D eigenvalue weighted by molar-refractivity contribution is 7.80. The zero-order chi connectivity index (χ0) is 23.2. The van der Waals surface area contributed by atoms with Gasteiger partial charge in [-0.1, -0.05) is 12.1 Å². The van der Waals surface area contributed by atoms with Crippen molar-refractivity contribution >= 4 is 33.4 Å². The molecule has 5 rings (SSSR count). The summed E-state index contributed by atoms with van der Waals surface area (Å²) >= 11 is 0. The quantitative estimate of drug-likeness (QED) is 0.366. The van der Waals surface area contributed by atoms with Gasteiger partial charge >= 0.3 is 16.4 Å². The van der Waals surface area contributed by atoms with Crippen molar-refractivity contribution in [1.82, 2.24) is 30.3 Å². The van der Waals surface area contributed by atoms with E-state index in [-0.39, 0.29) is 25.2 Å². The van der Waals surface area contributed by atoms with Crippen molar-refractivity contribution in [3.8, 4) is 0 Å². The third kappa shape index (κ3) is 4.39. The number of amides is 3. The molecule has 3 aliphatic heterocycles. The number of nitrogens with one attached hydrogen (secondary N) is 2. The van der Waals surface area contributed by atoms with Crippen molar-refractivity contribution in [3.63, 3.8) is 0 Å². The van der Waals surface area contributed by atoms with Gasteiger partial charge in [-0.25, -0.2) is 15.3 Å². The van der Waals surface area contributed by atoms with Crippen molar-refractivity contribution in [2.75, 3.05) is 19.7 Å². The maximum absolute atomic E-state index is 12.6. The maximum Gasteiger partial charge on any atom is 0.418 e. The van der Waals surface area contributed by atoms with Crippen molar-refractivity contribution in [1.29, 1.82) is 0 Å². The van der Waals surface area contributed by atoms with E-state index in [1.165, 1.54) is 4.90 Å². The summed E-state index contributed by atoms with van der Waals surface area (Å²) in [6.07, 6.45) is 3.29. The third-order valence-electron chi connectivity index (χ3n) is 6.33. The SMILES string of the molecule is O=C(NOC[C@H]1C[C@H](n2cnc3ccccc32)CN1)[C@@H]1CC[C@@H]2CN1C(=O)N2OS(=O)(=O)O. The number of aromatic nitrogens is 2. The predicted molar refractivity (Wildman–Crippen MR) is 113 cm³/mol. The second-order valence-corrected chi connectivity index (χ2v) is 9.43. The van der Waals surface area contributed by atoms with Gasteiger partial charge in [-0.3, -0.25) is 14.2 Å². The lowest BCUT2D eigenvalue weighted by Gasteiger charge is -2.29. The summed E-state index contributed by atoms with van der Waals surface area (Å²) in [6.45, 7) is 1.12. The number of urea groups is 1. The number of fused-ring (bicyclic) bond motifs is 3. The number of hydrogen-bond donors (Lipinski definition) is 3. The van der Waals surface area contributed by atoms with Crippen LogP contribution in [-0.4, -0.2) is 82.2 Å². The van der Waals surface area contributed by atoms with E-state index in [1.807, 2.05) is 30.6 Å². The number of nitrogens with zero attached hydrogens (tertiary/aromatic N) is 4. The Kier molecular flexibility index (Phi) is 5.70. The Morgan fingerprint density at radius 3 is 2.91 bits per heavy atom. The minimum absolute atomic E-state index is 0.0271. The van der Waals surface area contributed by atoms with E-state index in [0.29, 0.717) is 17.9 Å². The first-order valence-corrected chi connectivity index (χ1v) is 12.0. The zero-order valence-electron chi connectivity index (χ0n) is 17.5. The number of imidazole rings is 1. The summed E-state index contributed by atoms with van der Waals surface area (Å²) in [5, 5.41) is 3.98. The average molecular weight is 481 g/mol. The number of carbonyl (C=O) groups excluding carboxylic acids is 2. The van der Waals surface area contributed by atoms with Gasteiger partial charge < -0.3 is 14.8 Å². The molecule has 3 amide bonds. The second-order valence-electron chi connectivity index (χ2n) is 8.42. The van der Waals surface area contributed by atoms with Gasteiger partial charge in [0.25, 0.3) is 5.91 Å². The van der Waals surface area contributed by atoms with Crippen LogP contribution >= 0.6 is 0 Å². The molecule has 3 N–H and O–H groups in total. The largest absolute Gasteiger partial charge is 0.418 e. The molecular formula is C19H24N6O7S. The molecule has 4 atom stereocenters. The molecule has 4 heterocycles. The molecule has 1 aromatic carbocycles. The number of hydroxylamine groups is 3. The van der Waals surface area contributed by atoms with Gasteiger partial charge in [-0.05, 0) is 31.4 Å².